The zero-order valence-electron chi connectivity index (χ0n) is 13.6. The molecule has 0 aliphatic carbocycles. The van der Waals surface area contributed by atoms with Gasteiger partial charge in [0, 0.05) is 12.0 Å². The van der Waals surface area contributed by atoms with Gasteiger partial charge in [-0.05, 0) is 24.0 Å². The number of rotatable bonds is 2. The quantitative estimate of drug-likeness (QED) is 0.895. The first-order valence-electron chi connectivity index (χ1n) is 7.82. The van der Waals surface area contributed by atoms with Crippen molar-refractivity contribution < 1.29 is 4.79 Å². The summed E-state index contributed by atoms with van der Waals surface area (Å²) in [7, 11) is 0. The number of carbonyl (C=O) groups excluding carboxylic acids is 1. The van der Waals surface area contributed by atoms with Crippen molar-refractivity contribution >= 4 is 16.9 Å². The summed E-state index contributed by atoms with van der Waals surface area (Å²) in [5.41, 5.74) is 2.43. The third kappa shape index (κ3) is 2.25. The maximum Gasteiger partial charge on any atom is 0.326 e. The molecule has 1 aromatic carbocycles. The van der Waals surface area contributed by atoms with Crippen LogP contribution in [0, 0.1) is 5.41 Å². The summed E-state index contributed by atoms with van der Waals surface area (Å²) in [4.78, 5) is 27.4. The molecule has 2 N–H and O–H groups in total. The molecule has 5 heteroatoms. The predicted octanol–water partition coefficient (Wildman–Crippen LogP) is 2.54. The van der Waals surface area contributed by atoms with E-state index in [1.807, 2.05) is 30.5 Å². The first-order valence-corrected chi connectivity index (χ1v) is 7.82. The highest BCUT2D eigenvalue weighted by molar-refractivity contribution is 5.83. The third-order valence-corrected chi connectivity index (χ3v) is 4.63. The van der Waals surface area contributed by atoms with Gasteiger partial charge in [0.25, 0.3) is 0 Å². The van der Waals surface area contributed by atoms with E-state index >= 15 is 0 Å². The van der Waals surface area contributed by atoms with Gasteiger partial charge in [-0.2, -0.15) is 0 Å². The number of hydrogen-bond acceptors (Lipinski definition) is 2. The highest BCUT2D eigenvalue weighted by Crippen LogP contribution is 2.33. The van der Waals surface area contributed by atoms with E-state index in [-0.39, 0.29) is 17.6 Å². The minimum Gasteiger partial charge on any atom is -0.354 e. The molecule has 0 radical (unpaired) electrons. The zero-order valence-corrected chi connectivity index (χ0v) is 13.6. The molecule has 0 bridgehead atoms. The Morgan fingerprint density at radius 3 is 2.64 bits per heavy atom. The number of nitrogens with one attached hydrogen (secondary N) is 2. The van der Waals surface area contributed by atoms with Gasteiger partial charge in [-0.3, -0.25) is 9.36 Å². The molecule has 1 aromatic heterocycles. The molecule has 22 heavy (non-hydrogen) atoms. The Bertz CT molecular complexity index is 783. The van der Waals surface area contributed by atoms with E-state index in [0.717, 1.165) is 16.6 Å². The first-order chi connectivity index (χ1) is 10.3. The number of fused-ring (bicyclic) bond motifs is 1. The van der Waals surface area contributed by atoms with Crippen LogP contribution in [0.25, 0.3) is 11.0 Å². The van der Waals surface area contributed by atoms with Gasteiger partial charge in [-0.15, -0.1) is 0 Å². The van der Waals surface area contributed by atoms with Gasteiger partial charge in [0.1, 0.15) is 0 Å². The van der Waals surface area contributed by atoms with Crippen LogP contribution in [0.5, 0.6) is 0 Å². The Labute approximate surface area is 129 Å². The molecular weight excluding hydrogens is 278 g/mol. The summed E-state index contributed by atoms with van der Waals surface area (Å²) < 4.78 is 1.81. The minimum atomic E-state index is -0.457. The number of carbonyl (C=O) groups is 1. The zero-order chi connectivity index (χ0) is 16.1. The Kier molecular flexibility index (Phi) is 3.38. The van der Waals surface area contributed by atoms with Crippen LogP contribution in [0.15, 0.2) is 23.0 Å². The topological polar surface area (TPSA) is 66.9 Å². The van der Waals surface area contributed by atoms with Crippen LogP contribution in [-0.2, 0) is 4.79 Å². The molecule has 0 saturated carbocycles. The minimum absolute atomic E-state index is 0.0173. The van der Waals surface area contributed by atoms with Crippen molar-refractivity contribution in [3.05, 3.63) is 34.2 Å². The summed E-state index contributed by atoms with van der Waals surface area (Å²) >= 11 is 0. The highest BCUT2D eigenvalue weighted by atomic mass is 16.2. The van der Waals surface area contributed by atoms with Crippen LogP contribution in [0.4, 0.5) is 0 Å². The lowest BCUT2D eigenvalue weighted by Crippen LogP contribution is -2.48. The maximum absolute atomic E-state index is 12.5. The molecule has 1 atom stereocenters. The van der Waals surface area contributed by atoms with E-state index in [0.29, 0.717) is 18.9 Å². The van der Waals surface area contributed by atoms with Crippen molar-refractivity contribution in [3.8, 4) is 0 Å². The summed E-state index contributed by atoms with van der Waals surface area (Å²) in [6.07, 6.45) is 0.664. The van der Waals surface area contributed by atoms with Gasteiger partial charge in [-0.1, -0.05) is 39.8 Å². The fraction of sp³-hybridized carbons (Fsp3) is 0.529. The number of para-hydroxylation sites is 1. The lowest BCUT2D eigenvalue weighted by Gasteiger charge is -2.35. The molecule has 1 saturated heterocycles. The number of nitrogens with zero attached hydrogens (tertiary/aromatic N) is 1. The summed E-state index contributed by atoms with van der Waals surface area (Å²) in [6, 6.07) is 6.01. The number of H-pyrrole nitrogens is 1. The fourth-order valence-electron chi connectivity index (χ4n) is 3.40. The molecule has 3 rings (SSSR count). The van der Waals surface area contributed by atoms with E-state index in [2.05, 4.69) is 30.2 Å². The van der Waals surface area contributed by atoms with Crippen LogP contribution < -0.4 is 11.0 Å². The number of aromatic nitrogens is 2. The van der Waals surface area contributed by atoms with E-state index < -0.39 is 5.41 Å². The summed E-state index contributed by atoms with van der Waals surface area (Å²) in [5.74, 6) is 0.400. The second-order valence-electron chi connectivity index (χ2n) is 7.15. The molecule has 1 amide bonds. The van der Waals surface area contributed by atoms with Crippen molar-refractivity contribution in [1.29, 1.82) is 0 Å². The van der Waals surface area contributed by atoms with Crippen LogP contribution in [0.1, 0.15) is 51.6 Å². The number of piperidine rings is 1. The van der Waals surface area contributed by atoms with E-state index in [4.69, 9.17) is 0 Å². The van der Waals surface area contributed by atoms with Crippen LogP contribution in [0.3, 0.4) is 0 Å². The number of hydrogen-bond donors (Lipinski definition) is 2. The fourth-order valence-corrected chi connectivity index (χ4v) is 3.40. The largest absolute Gasteiger partial charge is 0.354 e. The maximum atomic E-state index is 12.5. The van der Waals surface area contributed by atoms with Gasteiger partial charge < -0.3 is 10.3 Å². The second kappa shape index (κ2) is 5.00. The monoisotopic (exact) mass is 301 g/mol. The summed E-state index contributed by atoms with van der Waals surface area (Å²) in [6.45, 7) is 8.59. The van der Waals surface area contributed by atoms with Crippen molar-refractivity contribution in [3.63, 3.8) is 0 Å². The lowest BCUT2D eigenvalue weighted by molar-refractivity contribution is -0.132. The van der Waals surface area contributed by atoms with Crippen molar-refractivity contribution in [2.24, 2.45) is 5.41 Å². The van der Waals surface area contributed by atoms with Crippen LogP contribution in [-0.4, -0.2) is 22.0 Å². The van der Waals surface area contributed by atoms with Gasteiger partial charge in [-0.25, -0.2) is 4.79 Å². The number of imidazole rings is 1. The molecular formula is C17H23N3O2. The molecule has 1 aliphatic heterocycles. The SMILES string of the molecule is CC(C)c1cccc2c1[nH]c(=O)n2C1CNC(=O)C(C)(C)C1. The normalized spacial score (nSPS) is 21.3. The van der Waals surface area contributed by atoms with Crippen molar-refractivity contribution in [1.82, 2.24) is 14.9 Å². The predicted molar refractivity (Wildman–Crippen MR) is 87.1 cm³/mol. The average Bonchev–Trinajstić information content (AvgIpc) is 2.77. The molecule has 2 heterocycles. The average molecular weight is 301 g/mol. The van der Waals surface area contributed by atoms with Gasteiger partial charge in [0.05, 0.1) is 17.1 Å². The molecule has 1 aliphatic rings. The van der Waals surface area contributed by atoms with Crippen LogP contribution >= 0.6 is 0 Å². The Morgan fingerprint density at radius 1 is 1.27 bits per heavy atom. The van der Waals surface area contributed by atoms with Gasteiger partial charge in [0.2, 0.25) is 5.91 Å². The number of amides is 1. The standard InChI is InChI=1S/C17H23N3O2/c1-10(2)12-6-5-7-13-14(12)19-16(22)20(13)11-8-17(3,4)15(21)18-9-11/h5-7,10-11H,8-9H2,1-4H3,(H,18,21)(H,19,22). The Balaban J connectivity index is 2.12. The van der Waals surface area contributed by atoms with Gasteiger partial charge in [0.15, 0.2) is 0 Å². The number of aromatic amines is 1. The molecule has 1 fully saturated rings. The lowest BCUT2D eigenvalue weighted by atomic mass is 9.81. The molecule has 0 spiro atoms. The second-order valence-corrected chi connectivity index (χ2v) is 7.15. The third-order valence-electron chi connectivity index (χ3n) is 4.63. The van der Waals surface area contributed by atoms with Gasteiger partial charge >= 0.3 is 5.69 Å². The van der Waals surface area contributed by atoms with E-state index in [1.54, 1.807) is 0 Å². The summed E-state index contributed by atoms with van der Waals surface area (Å²) in [5, 5.41) is 2.93. The van der Waals surface area contributed by atoms with E-state index in [9.17, 15) is 9.59 Å². The Hall–Kier alpha value is -2.04. The van der Waals surface area contributed by atoms with Crippen molar-refractivity contribution in [2.45, 2.75) is 46.1 Å². The molecule has 2 aromatic rings. The molecule has 5 nitrogen and oxygen atoms in total. The van der Waals surface area contributed by atoms with E-state index in [1.165, 1.54) is 0 Å². The highest BCUT2D eigenvalue weighted by Gasteiger charge is 2.37. The Morgan fingerprint density at radius 2 is 2.00 bits per heavy atom. The first kappa shape index (κ1) is 14.9. The van der Waals surface area contributed by atoms with Crippen LogP contribution in [0.2, 0.25) is 0 Å². The molecule has 118 valence electrons. The number of benzene rings is 1. The molecule has 1 unspecified atom stereocenters. The van der Waals surface area contributed by atoms with Crippen molar-refractivity contribution in [2.75, 3.05) is 6.54 Å². The smallest absolute Gasteiger partial charge is 0.326 e.